The van der Waals surface area contributed by atoms with Gasteiger partial charge in [-0.2, -0.15) is 5.10 Å². The number of hydrogen-bond donors (Lipinski definition) is 2. The van der Waals surface area contributed by atoms with Crippen LogP contribution in [0.25, 0.3) is 0 Å². The molecule has 1 aromatic rings. The molecule has 1 heterocycles. The normalized spacial score (nSPS) is 15.4. The Kier molecular flexibility index (Phi) is 3.66. The molecule has 4 heteroatoms. The summed E-state index contributed by atoms with van der Waals surface area (Å²) in [5.74, 6) is 0. The van der Waals surface area contributed by atoms with Crippen molar-refractivity contribution in [1.82, 2.24) is 9.78 Å². The van der Waals surface area contributed by atoms with E-state index >= 15 is 0 Å². The third-order valence-electron chi connectivity index (χ3n) is 2.68. The Morgan fingerprint density at radius 3 is 2.79 bits per heavy atom. The summed E-state index contributed by atoms with van der Waals surface area (Å²) in [6, 6.07) is 0. The van der Waals surface area contributed by atoms with Gasteiger partial charge < -0.3 is 10.8 Å². The van der Waals surface area contributed by atoms with Crippen LogP contribution in [0.3, 0.4) is 0 Å². The highest BCUT2D eigenvalue weighted by Crippen LogP contribution is 2.16. The topological polar surface area (TPSA) is 64.1 Å². The standard InChI is InChI=1S/C10H19N3O/c1-3-10(14,8-11)5-4-9-6-12-13(2)7-9/h6-7,14H,3-5,8,11H2,1-2H3. The van der Waals surface area contributed by atoms with Gasteiger partial charge in [0.25, 0.3) is 0 Å². The van der Waals surface area contributed by atoms with E-state index in [2.05, 4.69) is 5.10 Å². The highest BCUT2D eigenvalue weighted by Gasteiger charge is 2.22. The van der Waals surface area contributed by atoms with Gasteiger partial charge in [0.1, 0.15) is 0 Å². The summed E-state index contributed by atoms with van der Waals surface area (Å²) >= 11 is 0. The van der Waals surface area contributed by atoms with E-state index in [4.69, 9.17) is 5.73 Å². The minimum absolute atomic E-state index is 0.323. The smallest absolute Gasteiger partial charge is 0.0770 e. The monoisotopic (exact) mass is 197 g/mol. The van der Waals surface area contributed by atoms with Gasteiger partial charge in [-0.05, 0) is 24.8 Å². The summed E-state index contributed by atoms with van der Waals surface area (Å²) in [6.45, 7) is 2.28. The maximum Gasteiger partial charge on any atom is 0.0770 e. The van der Waals surface area contributed by atoms with Crippen LogP contribution in [0, 0.1) is 0 Å². The van der Waals surface area contributed by atoms with Gasteiger partial charge in [-0.3, -0.25) is 4.68 Å². The second kappa shape index (κ2) is 4.57. The average Bonchev–Trinajstić information content (AvgIpc) is 2.61. The van der Waals surface area contributed by atoms with E-state index in [1.807, 2.05) is 26.4 Å². The van der Waals surface area contributed by atoms with Crippen LogP contribution >= 0.6 is 0 Å². The summed E-state index contributed by atoms with van der Waals surface area (Å²) < 4.78 is 1.77. The van der Waals surface area contributed by atoms with Crippen molar-refractivity contribution in [2.24, 2.45) is 12.8 Å². The van der Waals surface area contributed by atoms with Crippen LogP contribution in [-0.2, 0) is 13.5 Å². The van der Waals surface area contributed by atoms with Gasteiger partial charge in [-0.1, -0.05) is 6.92 Å². The van der Waals surface area contributed by atoms with Gasteiger partial charge in [-0.25, -0.2) is 0 Å². The molecule has 0 spiro atoms. The Hall–Kier alpha value is -0.870. The average molecular weight is 197 g/mol. The molecule has 1 aromatic heterocycles. The van der Waals surface area contributed by atoms with Crippen LogP contribution in [0.4, 0.5) is 0 Å². The van der Waals surface area contributed by atoms with E-state index in [9.17, 15) is 5.11 Å². The van der Waals surface area contributed by atoms with Crippen LogP contribution in [0.15, 0.2) is 12.4 Å². The largest absolute Gasteiger partial charge is 0.389 e. The van der Waals surface area contributed by atoms with E-state index in [1.165, 1.54) is 0 Å². The lowest BCUT2D eigenvalue weighted by molar-refractivity contribution is 0.0367. The number of hydrogen-bond acceptors (Lipinski definition) is 3. The molecule has 0 aliphatic heterocycles. The Morgan fingerprint density at radius 2 is 2.36 bits per heavy atom. The summed E-state index contributed by atoms with van der Waals surface area (Å²) in [4.78, 5) is 0. The number of aromatic nitrogens is 2. The zero-order valence-corrected chi connectivity index (χ0v) is 8.90. The zero-order chi connectivity index (χ0) is 10.6. The van der Waals surface area contributed by atoms with Crippen LogP contribution in [0.5, 0.6) is 0 Å². The second-order valence-electron chi connectivity index (χ2n) is 3.80. The van der Waals surface area contributed by atoms with Crippen molar-refractivity contribution in [2.75, 3.05) is 6.54 Å². The third kappa shape index (κ3) is 2.82. The molecule has 0 saturated carbocycles. The molecule has 0 amide bonds. The predicted octanol–water partition coefficient (Wildman–Crippen LogP) is 0.452. The number of aliphatic hydroxyl groups is 1. The predicted molar refractivity (Wildman–Crippen MR) is 55.8 cm³/mol. The van der Waals surface area contributed by atoms with Crippen molar-refractivity contribution in [3.63, 3.8) is 0 Å². The summed E-state index contributed by atoms with van der Waals surface area (Å²) in [5, 5.41) is 14.0. The summed E-state index contributed by atoms with van der Waals surface area (Å²) in [5.41, 5.74) is 5.95. The molecule has 4 nitrogen and oxygen atoms in total. The molecule has 1 rings (SSSR count). The molecule has 0 aliphatic rings. The molecule has 80 valence electrons. The minimum atomic E-state index is -0.712. The number of nitrogens with two attached hydrogens (primary N) is 1. The van der Waals surface area contributed by atoms with Crippen LogP contribution < -0.4 is 5.73 Å². The van der Waals surface area contributed by atoms with Crippen molar-refractivity contribution < 1.29 is 5.11 Å². The first-order chi connectivity index (χ1) is 6.59. The van der Waals surface area contributed by atoms with E-state index in [0.717, 1.165) is 12.0 Å². The summed E-state index contributed by atoms with van der Waals surface area (Å²) in [7, 11) is 1.89. The molecule has 1 atom stereocenters. The molecular formula is C10H19N3O. The fourth-order valence-corrected chi connectivity index (χ4v) is 1.40. The number of rotatable bonds is 5. The van der Waals surface area contributed by atoms with E-state index < -0.39 is 5.60 Å². The van der Waals surface area contributed by atoms with Gasteiger partial charge >= 0.3 is 0 Å². The van der Waals surface area contributed by atoms with Crippen molar-refractivity contribution in [1.29, 1.82) is 0 Å². The zero-order valence-electron chi connectivity index (χ0n) is 8.90. The molecule has 0 aromatic carbocycles. The second-order valence-corrected chi connectivity index (χ2v) is 3.80. The first-order valence-electron chi connectivity index (χ1n) is 4.99. The lowest BCUT2D eigenvalue weighted by Gasteiger charge is -2.24. The van der Waals surface area contributed by atoms with Crippen molar-refractivity contribution >= 4 is 0 Å². The van der Waals surface area contributed by atoms with Crippen LogP contribution in [0.2, 0.25) is 0 Å². The quantitative estimate of drug-likeness (QED) is 0.720. The third-order valence-corrected chi connectivity index (χ3v) is 2.68. The van der Waals surface area contributed by atoms with Crippen molar-refractivity contribution in [2.45, 2.75) is 31.8 Å². The van der Waals surface area contributed by atoms with Gasteiger partial charge in [0.15, 0.2) is 0 Å². The fraction of sp³-hybridized carbons (Fsp3) is 0.700. The molecule has 0 saturated heterocycles. The summed E-state index contributed by atoms with van der Waals surface area (Å²) in [6.07, 6.45) is 6.02. The molecule has 0 bridgehead atoms. The SMILES string of the molecule is CCC(O)(CN)CCc1cnn(C)c1. The van der Waals surface area contributed by atoms with Crippen LogP contribution in [0.1, 0.15) is 25.3 Å². The Balaban J connectivity index is 2.47. The van der Waals surface area contributed by atoms with Crippen LogP contribution in [-0.4, -0.2) is 27.0 Å². The molecule has 1 unspecified atom stereocenters. The highest BCUT2D eigenvalue weighted by atomic mass is 16.3. The van der Waals surface area contributed by atoms with Gasteiger partial charge in [0.05, 0.1) is 11.8 Å². The first-order valence-corrected chi connectivity index (χ1v) is 4.99. The highest BCUT2D eigenvalue weighted by molar-refractivity contribution is 5.04. The molecular weight excluding hydrogens is 178 g/mol. The van der Waals surface area contributed by atoms with Crippen molar-refractivity contribution in [3.05, 3.63) is 18.0 Å². The maximum absolute atomic E-state index is 9.94. The van der Waals surface area contributed by atoms with Gasteiger partial charge in [-0.15, -0.1) is 0 Å². The lowest BCUT2D eigenvalue weighted by atomic mass is 9.93. The first kappa shape index (κ1) is 11.2. The molecule has 0 fully saturated rings. The minimum Gasteiger partial charge on any atom is -0.389 e. The van der Waals surface area contributed by atoms with Gasteiger partial charge in [0.2, 0.25) is 0 Å². The van der Waals surface area contributed by atoms with Crippen molar-refractivity contribution in [3.8, 4) is 0 Å². The Labute approximate surface area is 84.7 Å². The van der Waals surface area contributed by atoms with E-state index in [0.29, 0.717) is 19.4 Å². The van der Waals surface area contributed by atoms with E-state index in [1.54, 1.807) is 4.68 Å². The molecule has 14 heavy (non-hydrogen) atoms. The fourth-order valence-electron chi connectivity index (χ4n) is 1.40. The maximum atomic E-state index is 9.94. The Morgan fingerprint density at radius 1 is 1.64 bits per heavy atom. The molecule has 0 radical (unpaired) electrons. The lowest BCUT2D eigenvalue weighted by Crippen LogP contribution is -2.37. The number of nitrogens with zero attached hydrogens (tertiary/aromatic N) is 2. The molecule has 0 aliphatic carbocycles. The van der Waals surface area contributed by atoms with Gasteiger partial charge in [0, 0.05) is 19.8 Å². The Bertz CT molecular complexity index is 279. The number of aryl methyl sites for hydroxylation is 2. The molecule has 3 N–H and O–H groups in total. The van der Waals surface area contributed by atoms with E-state index in [-0.39, 0.29) is 0 Å².